The second-order valence-corrected chi connectivity index (χ2v) is 11.8. The number of methoxy groups -OCH3 is 2. The Morgan fingerprint density at radius 1 is 0.778 bits per heavy atom. The maximum Gasteiger partial charge on any atom is 0.225 e. The molecule has 6 nitrogen and oxygen atoms in total. The summed E-state index contributed by atoms with van der Waals surface area (Å²) >= 11 is 0. The maximum atomic E-state index is 13.3. The molecule has 4 bridgehead atoms. The van der Waals surface area contributed by atoms with Crippen LogP contribution in [0.5, 0.6) is 11.5 Å². The van der Waals surface area contributed by atoms with Crippen molar-refractivity contribution in [2.24, 2.45) is 22.7 Å². The van der Waals surface area contributed by atoms with Gasteiger partial charge < -0.3 is 20.1 Å². The van der Waals surface area contributed by atoms with Crippen molar-refractivity contribution in [3.05, 3.63) is 47.5 Å². The van der Waals surface area contributed by atoms with E-state index in [-0.39, 0.29) is 22.6 Å². The molecule has 0 radical (unpaired) electrons. The van der Waals surface area contributed by atoms with Gasteiger partial charge in [0.25, 0.3) is 0 Å². The van der Waals surface area contributed by atoms with Gasteiger partial charge in [-0.2, -0.15) is 0 Å². The number of hydrogen-bond acceptors (Lipinski definition) is 4. The van der Waals surface area contributed by atoms with Gasteiger partial charge in [-0.25, -0.2) is 0 Å². The van der Waals surface area contributed by atoms with Gasteiger partial charge in [0.15, 0.2) is 0 Å². The third-order valence-electron chi connectivity index (χ3n) is 8.64. The van der Waals surface area contributed by atoms with Gasteiger partial charge in [0.1, 0.15) is 11.5 Å². The van der Waals surface area contributed by atoms with E-state index in [1.165, 1.54) is 6.42 Å². The van der Waals surface area contributed by atoms with Crippen LogP contribution in [-0.4, -0.2) is 26.0 Å². The number of rotatable bonds is 8. The van der Waals surface area contributed by atoms with Crippen LogP contribution in [0.1, 0.15) is 62.5 Å². The summed E-state index contributed by atoms with van der Waals surface area (Å²) in [5.74, 6) is 2.68. The zero-order chi connectivity index (χ0) is 25.5. The molecule has 2 amide bonds. The number of amides is 2. The molecule has 6 heteroatoms. The zero-order valence-electron chi connectivity index (χ0n) is 21.9. The average Bonchev–Trinajstić information content (AvgIpc) is 2.79. The zero-order valence-corrected chi connectivity index (χ0v) is 21.9. The molecular weight excluding hydrogens is 452 g/mol. The molecule has 4 saturated carbocycles. The summed E-state index contributed by atoms with van der Waals surface area (Å²) in [5, 5.41) is 6.22. The Bertz CT molecular complexity index is 1070. The fourth-order valence-corrected chi connectivity index (χ4v) is 7.94. The minimum atomic E-state index is -0.0199. The third kappa shape index (κ3) is 4.95. The van der Waals surface area contributed by atoms with Gasteiger partial charge in [0.2, 0.25) is 11.8 Å². The highest BCUT2D eigenvalue weighted by Gasteiger charge is 2.58. The lowest BCUT2D eigenvalue weighted by Gasteiger charge is -2.62. The second-order valence-electron chi connectivity index (χ2n) is 11.8. The summed E-state index contributed by atoms with van der Waals surface area (Å²) in [4.78, 5) is 26.5. The Labute approximate surface area is 214 Å². The molecule has 4 aliphatic carbocycles. The average molecular weight is 491 g/mol. The molecule has 192 valence electrons. The Kier molecular flexibility index (Phi) is 6.48. The Hall–Kier alpha value is -3.02. The smallest absolute Gasteiger partial charge is 0.225 e. The largest absolute Gasteiger partial charge is 0.495 e. The summed E-state index contributed by atoms with van der Waals surface area (Å²) in [6, 6.07) is 11.7. The van der Waals surface area contributed by atoms with E-state index in [0.717, 1.165) is 54.6 Å². The van der Waals surface area contributed by atoms with E-state index in [1.54, 1.807) is 14.2 Å². The number of carbonyl (C=O) groups excluding carboxylic acids is 2. The Morgan fingerprint density at radius 3 is 1.58 bits per heavy atom. The van der Waals surface area contributed by atoms with Gasteiger partial charge in [-0.05, 0) is 110 Å². The normalized spacial score (nSPS) is 28.0. The van der Waals surface area contributed by atoms with Crippen molar-refractivity contribution < 1.29 is 19.1 Å². The molecular formula is C30H38N2O4. The van der Waals surface area contributed by atoms with Crippen LogP contribution in [0.2, 0.25) is 0 Å². The summed E-state index contributed by atoms with van der Waals surface area (Å²) < 4.78 is 11.0. The first-order chi connectivity index (χ1) is 17.2. The Balaban J connectivity index is 1.29. The van der Waals surface area contributed by atoms with Crippen molar-refractivity contribution >= 4 is 23.2 Å². The summed E-state index contributed by atoms with van der Waals surface area (Å²) in [5.41, 5.74) is 3.59. The van der Waals surface area contributed by atoms with Crippen LogP contribution >= 0.6 is 0 Å². The van der Waals surface area contributed by atoms with Crippen LogP contribution in [-0.2, 0) is 9.59 Å². The number of aryl methyl sites for hydroxylation is 2. The standard InChI is InChI=1S/C30H38N2O4/c1-19-5-7-23(25(9-19)35-3)31-27(33)16-29-12-21-11-22(13-29)15-30(14-21,18-29)17-28(34)32-24-8-6-20(2)10-26(24)36-4/h5-10,21-22H,11-18H2,1-4H3,(H,31,33)(H,32,34). The number of hydrogen-bond donors (Lipinski definition) is 2. The Morgan fingerprint density at radius 2 is 1.19 bits per heavy atom. The molecule has 2 aromatic carbocycles. The molecule has 0 unspecified atom stereocenters. The lowest BCUT2D eigenvalue weighted by atomic mass is 9.43. The number of ether oxygens (including phenoxy) is 2. The molecule has 4 fully saturated rings. The van der Waals surface area contributed by atoms with Crippen molar-refractivity contribution in [1.82, 2.24) is 0 Å². The first-order valence-corrected chi connectivity index (χ1v) is 13.1. The van der Waals surface area contributed by atoms with Crippen molar-refractivity contribution in [2.45, 2.75) is 65.2 Å². The fourth-order valence-electron chi connectivity index (χ4n) is 7.94. The molecule has 0 aromatic heterocycles. The summed E-state index contributed by atoms with van der Waals surface area (Å²) in [7, 11) is 3.26. The minimum Gasteiger partial charge on any atom is -0.495 e. The van der Waals surface area contributed by atoms with E-state index in [4.69, 9.17) is 9.47 Å². The van der Waals surface area contributed by atoms with Crippen molar-refractivity contribution in [3.8, 4) is 11.5 Å². The van der Waals surface area contributed by atoms with Crippen molar-refractivity contribution in [2.75, 3.05) is 24.9 Å². The van der Waals surface area contributed by atoms with Crippen LogP contribution in [0, 0.1) is 36.5 Å². The van der Waals surface area contributed by atoms with E-state index in [9.17, 15) is 9.59 Å². The molecule has 0 saturated heterocycles. The van der Waals surface area contributed by atoms with Gasteiger partial charge in [0, 0.05) is 12.8 Å². The lowest BCUT2D eigenvalue weighted by molar-refractivity contribution is -0.142. The molecule has 4 aliphatic rings. The second kappa shape index (κ2) is 9.45. The first-order valence-electron chi connectivity index (χ1n) is 13.1. The van der Waals surface area contributed by atoms with Gasteiger partial charge in [-0.1, -0.05) is 12.1 Å². The van der Waals surface area contributed by atoms with Gasteiger partial charge >= 0.3 is 0 Å². The monoisotopic (exact) mass is 490 g/mol. The van der Waals surface area contributed by atoms with Crippen LogP contribution < -0.4 is 20.1 Å². The van der Waals surface area contributed by atoms with Crippen LogP contribution in [0.15, 0.2) is 36.4 Å². The first kappa shape index (κ1) is 24.7. The molecule has 0 aliphatic heterocycles. The highest BCUT2D eigenvalue weighted by atomic mass is 16.5. The fraction of sp³-hybridized carbons (Fsp3) is 0.533. The molecule has 2 N–H and O–H groups in total. The molecule has 6 rings (SSSR count). The van der Waals surface area contributed by atoms with Gasteiger partial charge in [-0.15, -0.1) is 0 Å². The van der Waals surface area contributed by atoms with E-state index in [0.29, 0.717) is 36.2 Å². The van der Waals surface area contributed by atoms with Crippen molar-refractivity contribution in [1.29, 1.82) is 0 Å². The minimum absolute atomic E-state index is 0.0199. The highest BCUT2D eigenvalue weighted by Crippen LogP contribution is 2.67. The number of anilines is 2. The molecule has 2 aromatic rings. The quantitative estimate of drug-likeness (QED) is 0.458. The van der Waals surface area contributed by atoms with E-state index in [2.05, 4.69) is 10.6 Å². The van der Waals surface area contributed by atoms with Gasteiger partial charge in [-0.3, -0.25) is 9.59 Å². The molecule has 0 spiro atoms. The van der Waals surface area contributed by atoms with E-state index >= 15 is 0 Å². The third-order valence-corrected chi connectivity index (χ3v) is 8.64. The topological polar surface area (TPSA) is 76.7 Å². The van der Waals surface area contributed by atoms with Crippen LogP contribution in [0.4, 0.5) is 11.4 Å². The summed E-state index contributed by atoms with van der Waals surface area (Å²) in [6.45, 7) is 4.02. The van der Waals surface area contributed by atoms with Crippen LogP contribution in [0.3, 0.4) is 0 Å². The molecule has 0 heterocycles. The summed E-state index contributed by atoms with van der Waals surface area (Å²) in [6.07, 6.45) is 7.58. The lowest BCUT2D eigenvalue weighted by Crippen LogP contribution is -2.53. The van der Waals surface area contributed by atoms with E-state index < -0.39 is 0 Å². The van der Waals surface area contributed by atoms with Crippen LogP contribution in [0.25, 0.3) is 0 Å². The maximum absolute atomic E-state index is 13.3. The highest BCUT2D eigenvalue weighted by molar-refractivity contribution is 5.93. The predicted molar refractivity (Wildman–Crippen MR) is 142 cm³/mol. The molecule has 36 heavy (non-hydrogen) atoms. The number of nitrogens with one attached hydrogen (secondary N) is 2. The predicted octanol–water partition coefficient (Wildman–Crippen LogP) is 6.26. The number of carbonyl (C=O) groups is 2. The SMILES string of the molecule is COc1cc(C)ccc1NC(=O)CC12CC3CC(C1)CC(CC(=O)Nc1ccc(C)cc1OC)(C3)C2. The van der Waals surface area contributed by atoms with E-state index in [1.807, 2.05) is 50.2 Å². The van der Waals surface area contributed by atoms with Crippen molar-refractivity contribution in [3.63, 3.8) is 0 Å². The van der Waals surface area contributed by atoms with Gasteiger partial charge in [0.05, 0.1) is 25.6 Å². The molecule has 0 atom stereocenters. The number of benzene rings is 2.